The number of nitro groups is 1. The predicted octanol–water partition coefficient (Wildman–Crippen LogP) is 3.89. The van der Waals surface area contributed by atoms with E-state index in [0.29, 0.717) is 36.9 Å². The summed E-state index contributed by atoms with van der Waals surface area (Å²) in [6.07, 6.45) is 0. The Kier molecular flexibility index (Phi) is 4.96. The molecule has 3 rings (SSSR count). The molecule has 1 aliphatic heterocycles. The number of rotatable bonds is 3. The minimum Gasteiger partial charge on any atom is -0.362 e. The van der Waals surface area contributed by atoms with Gasteiger partial charge in [0, 0.05) is 47.0 Å². The molecule has 0 saturated carbocycles. The number of thiophene rings is 1. The summed E-state index contributed by atoms with van der Waals surface area (Å²) in [6, 6.07) is 6.62. The highest BCUT2D eigenvalue weighted by Gasteiger charge is 2.27. The summed E-state index contributed by atoms with van der Waals surface area (Å²) in [5.74, 6) is 0.0344. The number of nitrogens with zero attached hydrogens (tertiary/aromatic N) is 3. The highest BCUT2D eigenvalue weighted by Crippen LogP contribution is 2.32. The average Bonchev–Trinajstić information content (AvgIpc) is 2.92. The van der Waals surface area contributed by atoms with E-state index in [1.54, 1.807) is 23.5 Å². The topological polar surface area (TPSA) is 66.7 Å². The molecule has 1 aliphatic rings. The summed E-state index contributed by atoms with van der Waals surface area (Å²) in [6.45, 7) is 6.12. The molecule has 0 spiro atoms. The van der Waals surface area contributed by atoms with E-state index in [9.17, 15) is 14.9 Å². The lowest BCUT2D eigenvalue weighted by atomic mass is 10.1. The lowest BCUT2D eigenvalue weighted by molar-refractivity contribution is -0.384. The van der Waals surface area contributed by atoms with Crippen LogP contribution in [-0.2, 0) is 0 Å². The molecule has 0 aliphatic carbocycles. The second kappa shape index (κ2) is 7.01. The monoisotopic (exact) mass is 379 g/mol. The molecular weight excluding hydrogens is 362 g/mol. The first-order valence-corrected chi connectivity index (χ1v) is 9.11. The van der Waals surface area contributed by atoms with Crippen LogP contribution in [0, 0.1) is 24.0 Å². The number of anilines is 1. The van der Waals surface area contributed by atoms with Crippen LogP contribution in [0.5, 0.6) is 0 Å². The van der Waals surface area contributed by atoms with Gasteiger partial charge in [-0.25, -0.2) is 0 Å². The number of amides is 1. The molecule has 1 fully saturated rings. The summed E-state index contributed by atoms with van der Waals surface area (Å²) in [5.41, 5.74) is 1.30. The second-order valence-corrected chi connectivity index (χ2v) is 7.89. The highest BCUT2D eigenvalue weighted by molar-refractivity contribution is 7.12. The van der Waals surface area contributed by atoms with Crippen molar-refractivity contribution in [3.8, 4) is 0 Å². The lowest BCUT2D eigenvalue weighted by Gasteiger charge is -2.35. The van der Waals surface area contributed by atoms with E-state index in [1.807, 2.05) is 29.7 Å². The zero-order valence-electron chi connectivity index (χ0n) is 14.0. The average molecular weight is 380 g/mol. The fourth-order valence-corrected chi connectivity index (χ4v) is 4.16. The van der Waals surface area contributed by atoms with Crippen molar-refractivity contribution in [2.24, 2.45) is 0 Å². The van der Waals surface area contributed by atoms with Crippen LogP contribution in [0.25, 0.3) is 0 Å². The van der Waals surface area contributed by atoms with Crippen molar-refractivity contribution in [1.29, 1.82) is 0 Å². The van der Waals surface area contributed by atoms with Crippen molar-refractivity contribution in [2.45, 2.75) is 13.8 Å². The number of halogens is 1. The van der Waals surface area contributed by atoms with Gasteiger partial charge in [0.25, 0.3) is 11.6 Å². The molecule has 1 amide bonds. The second-order valence-electron chi connectivity index (χ2n) is 6.00. The van der Waals surface area contributed by atoms with Gasteiger partial charge in [-0.05, 0) is 32.0 Å². The maximum atomic E-state index is 12.7. The van der Waals surface area contributed by atoms with Gasteiger partial charge in [0.2, 0.25) is 0 Å². The molecular formula is C17H18ClN3O3S. The van der Waals surface area contributed by atoms with Crippen LogP contribution in [0.4, 0.5) is 11.4 Å². The van der Waals surface area contributed by atoms with Crippen LogP contribution in [0.1, 0.15) is 20.1 Å². The molecule has 0 unspecified atom stereocenters. The van der Waals surface area contributed by atoms with Crippen LogP contribution in [-0.4, -0.2) is 41.9 Å². The van der Waals surface area contributed by atoms with E-state index >= 15 is 0 Å². The van der Waals surface area contributed by atoms with Crippen LogP contribution in [0.15, 0.2) is 24.3 Å². The first-order chi connectivity index (χ1) is 11.9. The van der Waals surface area contributed by atoms with Gasteiger partial charge in [0.15, 0.2) is 0 Å². The molecule has 1 aromatic heterocycles. The Morgan fingerprint density at radius 2 is 1.88 bits per heavy atom. The number of piperazine rings is 1. The van der Waals surface area contributed by atoms with E-state index in [0.717, 1.165) is 15.3 Å². The van der Waals surface area contributed by atoms with Crippen molar-refractivity contribution in [1.82, 2.24) is 4.90 Å². The Bertz CT molecular complexity index is 829. The Morgan fingerprint density at radius 3 is 2.44 bits per heavy atom. The molecule has 8 heteroatoms. The molecule has 0 radical (unpaired) electrons. The Morgan fingerprint density at radius 1 is 1.20 bits per heavy atom. The quantitative estimate of drug-likeness (QED) is 0.599. The third-order valence-electron chi connectivity index (χ3n) is 4.31. The van der Waals surface area contributed by atoms with E-state index in [-0.39, 0.29) is 11.6 Å². The lowest BCUT2D eigenvalue weighted by Crippen LogP contribution is -2.49. The predicted molar refractivity (Wildman–Crippen MR) is 100 cm³/mol. The summed E-state index contributed by atoms with van der Waals surface area (Å²) in [5, 5.41) is 11.6. The van der Waals surface area contributed by atoms with Crippen molar-refractivity contribution in [3.05, 3.63) is 54.7 Å². The third kappa shape index (κ3) is 3.62. The maximum Gasteiger partial charge on any atom is 0.294 e. The summed E-state index contributed by atoms with van der Waals surface area (Å²) < 4.78 is 0. The van der Waals surface area contributed by atoms with E-state index in [1.165, 1.54) is 6.07 Å². The Labute approximate surface area is 154 Å². The van der Waals surface area contributed by atoms with Crippen LogP contribution < -0.4 is 4.90 Å². The molecule has 1 aromatic carbocycles. The number of nitro benzene ring substituents is 1. The van der Waals surface area contributed by atoms with Crippen molar-refractivity contribution in [2.75, 3.05) is 31.1 Å². The molecule has 132 valence electrons. The van der Waals surface area contributed by atoms with Crippen molar-refractivity contribution >= 4 is 40.2 Å². The van der Waals surface area contributed by atoms with Gasteiger partial charge < -0.3 is 9.80 Å². The number of hydrogen-bond acceptors (Lipinski definition) is 5. The van der Waals surface area contributed by atoms with Crippen LogP contribution in [0.3, 0.4) is 0 Å². The fourth-order valence-electron chi connectivity index (χ4n) is 3.07. The zero-order chi connectivity index (χ0) is 18.1. The van der Waals surface area contributed by atoms with Gasteiger partial charge >= 0.3 is 0 Å². The number of carbonyl (C=O) groups excluding carboxylic acids is 1. The van der Waals surface area contributed by atoms with Gasteiger partial charge in [-0.15, -0.1) is 11.3 Å². The number of aryl methyl sites for hydroxylation is 2. The van der Waals surface area contributed by atoms with E-state index in [4.69, 9.17) is 11.6 Å². The van der Waals surface area contributed by atoms with E-state index < -0.39 is 4.92 Å². The Hall–Kier alpha value is -2.12. The molecule has 2 aromatic rings. The number of carbonyl (C=O) groups is 1. The molecule has 0 bridgehead atoms. The van der Waals surface area contributed by atoms with Gasteiger partial charge in [0.05, 0.1) is 10.5 Å². The smallest absolute Gasteiger partial charge is 0.294 e. The van der Waals surface area contributed by atoms with Gasteiger partial charge in [0.1, 0.15) is 5.69 Å². The number of hydrogen-bond donors (Lipinski definition) is 0. The van der Waals surface area contributed by atoms with E-state index in [2.05, 4.69) is 0 Å². The fraction of sp³-hybridized carbons (Fsp3) is 0.353. The van der Waals surface area contributed by atoms with Crippen LogP contribution in [0.2, 0.25) is 5.02 Å². The Balaban J connectivity index is 1.73. The van der Waals surface area contributed by atoms with Crippen molar-refractivity contribution < 1.29 is 9.72 Å². The molecule has 0 N–H and O–H groups in total. The first kappa shape index (κ1) is 17.7. The largest absolute Gasteiger partial charge is 0.362 e. The molecule has 25 heavy (non-hydrogen) atoms. The molecule has 0 atom stereocenters. The van der Waals surface area contributed by atoms with Crippen LogP contribution >= 0.6 is 22.9 Å². The minimum atomic E-state index is -0.420. The summed E-state index contributed by atoms with van der Waals surface area (Å²) in [4.78, 5) is 29.4. The summed E-state index contributed by atoms with van der Waals surface area (Å²) >= 11 is 7.49. The van der Waals surface area contributed by atoms with Gasteiger partial charge in [-0.1, -0.05) is 11.6 Å². The summed E-state index contributed by atoms with van der Waals surface area (Å²) in [7, 11) is 0. The molecule has 2 heterocycles. The third-order valence-corrected chi connectivity index (χ3v) is 5.51. The normalized spacial score (nSPS) is 14.7. The maximum absolute atomic E-state index is 12.7. The molecule has 6 nitrogen and oxygen atoms in total. The first-order valence-electron chi connectivity index (χ1n) is 7.92. The number of benzene rings is 1. The van der Waals surface area contributed by atoms with Gasteiger partial charge in [-0.3, -0.25) is 14.9 Å². The standard InChI is InChI=1S/C17H18ClN3O3S/c1-11-9-14(12(2)25-11)17(22)20-7-5-19(6-8-20)15-4-3-13(18)10-16(15)21(23)24/h3-4,9-10H,5-8H2,1-2H3. The highest BCUT2D eigenvalue weighted by atomic mass is 35.5. The SMILES string of the molecule is Cc1cc(C(=O)N2CCN(c3ccc(Cl)cc3[N+](=O)[O-])CC2)c(C)s1. The molecule has 1 saturated heterocycles. The van der Waals surface area contributed by atoms with Crippen molar-refractivity contribution in [3.63, 3.8) is 0 Å². The zero-order valence-corrected chi connectivity index (χ0v) is 15.6. The minimum absolute atomic E-state index is 0.00317. The van der Waals surface area contributed by atoms with Gasteiger partial charge in [-0.2, -0.15) is 0 Å².